The van der Waals surface area contributed by atoms with Gasteiger partial charge in [-0.15, -0.1) is 0 Å². The third kappa shape index (κ3) is 3.70. The van der Waals surface area contributed by atoms with Gasteiger partial charge in [-0.3, -0.25) is 9.47 Å². The Hall–Kier alpha value is -2.06. The fourth-order valence-electron chi connectivity index (χ4n) is 2.83. The lowest BCUT2D eigenvalue weighted by Gasteiger charge is -2.35. The van der Waals surface area contributed by atoms with Crippen LogP contribution in [-0.2, 0) is 6.54 Å². The van der Waals surface area contributed by atoms with Crippen LogP contribution < -0.4 is 4.90 Å². The number of pyridine rings is 1. The number of halogens is 2. The van der Waals surface area contributed by atoms with Crippen LogP contribution in [0.25, 0.3) is 0 Å². The summed E-state index contributed by atoms with van der Waals surface area (Å²) in [6.45, 7) is 2.54. The number of aliphatic hydroxyl groups excluding tert-OH is 1. The zero-order chi connectivity index (χ0) is 17.1. The van der Waals surface area contributed by atoms with Gasteiger partial charge in [0.1, 0.15) is 11.6 Å². The molecule has 1 aliphatic rings. The molecule has 0 bridgehead atoms. The van der Waals surface area contributed by atoms with Gasteiger partial charge in [-0.05, 0) is 19.1 Å². The standard InChI is InChI=1S/C16H21F2N5O/c1-12(24)13-3-2-4-14(20-13)22-9-7-21(8-10-22)11-15-19-5-6-23(15)16(17)18/h2-6,12,16,24H,7-11H2,1H3. The number of aromatic nitrogens is 3. The molecule has 0 amide bonds. The summed E-state index contributed by atoms with van der Waals surface area (Å²) >= 11 is 0. The van der Waals surface area contributed by atoms with Crippen LogP contribution in [0.2, 0.25) is 0 Å². The summed E-state index contributed by atoms with van der Waals surface area (Å²) in [5.74, 6) is 1.22. The van der Waals surface area contributed by atoms with Crippen molar-refractivity contribution >= 4 is 5.82 Å². The van der Waals surface area contributed by atoms with Crippen molar-refractivity contribution in [2.75, 3.05) is 31.1 Å². The summed E-state index contributed by atoms with van der Waals surface area (Å²) in [5, 5.41) is 9.64. The average Bonchev–Trinajstić information content (AvgIpc) is 3.04. The number of hydrogen-bond acceptors (Lipinski definition) is 5. The number of piperazine rings is 1. The lowest BCUT2D eigenvalue weighted by Crippen LogP contribution is -2.46. The molecule has 2 aromatic rings. The first-order chi connectivity index (χ1) is 11.5. The molecule has 3 heterocycles. The molecule has 2 aromatic heterocycles. The zero-order valence-electron chi connectivity index (χ0n) is 13.5. The molecule has 3 rings (SSSR count). The van der Waals surface area contributed by atoms with Crippen molar-refractivity contribution in [3.63, 3.8) is 0 Å². The highest BCUT2D eigenvalue weighted by Crippen LogP contribution is 2.19. The SMILES string of the molecule is CC(O)c1cccc(N2CCN(Cc3nccn3C(F)F)CC2)n1. The third-order valence-corrected chi connectivity index (χ3v) is 4.20. The Balaban J connectivity index is 1.60. The Morgan fingerprint density at radius 1 is 1.21 bits per heavy atom. The molecule has 0 spiro atoms. The maximum atomic E-state index is 12.9. The van der Waals surface area contributed by atoms with Crippen molar-refractivity contribution in [3.05, 3.63) is 42.1 Å². The average molecular weight is 337 g/mol. The van der Waals surface area contributed by atoms with E-state index < -0.39 is 12.7 Å². The summed E-state index contributed by atoms with van der Waals surface area (Å²) in [6.07, 6.45) is 2.12. The predicted octanol–water partition coefficient (Wildman–Crippen LogP) is 2.05. The Morgan fingerprint density at radius 2 is 1.96 bits per heavy atom. The summed E-state index contributed by atoms with van der Waals surface area (Å²) in [5.41, 5.74) is 0.647. The molecule has 24 heavy (non-hydrogen) atoms. The molecule has 1 unspecified atom stereocenters. The van der Waals surface area contributed by atoms with Gasteiger partial charge in [0.05, 0.1) is 18.3 Å². The Morgan fingerprint density at radius 3 is 2.62 bits per heavy atom. The highest BCUT2D eigenvalue weighted by Gasteiger charge is 2.21. The van der Waals surface area contributed by atoms with Gasteiger partial charge < -0.3 is 10.0 Å². The molecule has 8 heteroatoms. The molecule has 130 valence electrons. The van der Waals surface area contributed by atoms with Gasteiger partial charge in [0.15, 0.2) is 0 Å². The first-order valence-electron chi connectivity index (χ1n) is 7.97. The highest BCUT2D eigenvalue weighted by molar-refractivity contribution is 5.40. The molecule has 1 fully saturated rings. The van der Waals surface area contributed by atoms with Gasteiger partial charge in [0.25, 0.3) is 0 Å². The monoisotopic (exact) mass is 337 g/mol. The van der Waals surface area contributed by atoms with Gasteiger partial charge in [-0.25, -0.2) is 9.97 Å². The molecular formula is C16H21F2N5O. The fraction of sp³-hybridized carbons (Fsp3) is 0.500. The molecular weight excluding hydrogens is 316 g/mol. The maximum Gasteiger partial charge on any atom is 0.319 e. The second-order valence-corrected chi connectivity index (χ2v) is 5.89. The van der Waals surface area contributed by atoms with E-state index in [1.165, 1.54) is 12.4 Å². The first kappa shape index (κ1) is 16.8. The fourth-order valence-corrected chi connectivity index (χ4v) is 2.83. The van der Waals surface area contributed by atoms with Crippen LogP contribution in [0.3, 0.4) is 0 Å². The van der Waals surface area contributed by atoms with Gasteiger partial charge in [0, 0.05) is 38.6 Å². The third-order valence-electron chi connectivity index (χ3n) is 4.20. The summed E-state index contributed by atoms with van der Waals surface area (Å²) < 4.78 is 26.6. The number of imidazole rings is 1. The van der Waals surface area contributed by atoms with Crippen LogP contribution in [0.1, 0.15) is 31.1 Å². The number of rotatable bonds is 5. The van der Waals surface area contributed by atoms with Crippen LogP contribution in [0, 0.1) is 0 Å². The van der Waals surface area contributed by atoms with Gasteiger partial charge in [0.2, 0.25) is 0 Å². The van der Waals surface area contributed by atoms with Crippen LogP contribution in [0.4, 0.5) is 14.6 Å². The van der Waals surface area contributed by atoms with Gasteiger partial charge in [-0.1, -0.05) is 6.07 Å². The van der Waals surface area contributed by atoms with E-state index in [1.54, 1.807) is 13.0 Å². The molecule has 1 atom stereocenters. The number of nitrogens with zero attached hydrogens (tertiary/aromatic N) is 5. The number of alkyl halides is 2. The second kappa shape index (κ2) is 7.23. The molecule has 0 radical (unpaired) electrons. The molecule has 1 aliphatic heterocycles. The quantitative estimate of drug-likeness (QED) is 0.905. The Bertz CT molecular complexity index is 668. The molecule has 1 N–H and O–H groups in total. The van der Waals surface area contributed by atoms with Gasteiger partial charge >= 0.3 is 6.55 Å². The lowest BCUT2D eigenvalue weighted by atomic mass is 10.2. The van der Waals surface area contributed by atoms with Crippen molar-refractivity contribution in [2.24, 2.45) is 0 Å². The maximum absolute atomic E-state index is 12.9. The van der Waals surface area contributed by atoms with Crippen molar-refractivity contribution in [1.82, 2.24) is 19.4 Å². The number of hydrogen-bond donors (Lipinski definition) is 1. The predicted molar refractivity (Wildman–Crippen MR) is 85.8 cm³/mol. The van der Waals surface area contributed by atoms with Crippen molar-refractivity contribution < 1.29 is 13.9 Å². The molecule has 0 saturated carbocycles. The minimum absolute atomic E-state index is 0.382. The van der Waals surface area contributed by atoms with Crippen LogP contribution in [-0.4, -0.2) is 50.7 Å². The van der Waals surface area contributed by atoms with E-state index >= 15 is 0 Å². The minimum atomic E-state index is -2.56. The molecule has 0 aromatic carbocycles. The van der Waals surface area contributed by atoms with E-state index in [4.69, 9.17) is 0 Å². The number of aliphatic hydroxyl groups is 1. The summed E-state index contributed by atoms with van der Waals surface area (Å²) in [4.78, 5) is 12.8. The zero-order valence-corrected chi connectivity index (χ0v) is 13.5. The topological polar surface area (TPSA) is 57.4 Å². The normalized spacial score (nSPS) is 17.5. The highest BCUT2D eigenvalue weighted by atomic mass is 19.3. The van der Waals surface area contributed by atoms with Crippen molar-refractivity contribution in [3.8, 4) is 0 Å². The summed E-state index contributed by atoms with van der Waals surface area (Å²) in [7, 11) is 0. The smallest absolute Gasteiger partial charge is 0.319 e. The minimum Gasteiger partial charge on any atom is -0.387 e. The summed E-state index contributed by atoms with van der Waals surface area (Å²) in [6, 6.07) is 5.61. The van der Waals surface area contributed by atoms with Gasteiger partial charge in [-0.2, -0.15) is 8.78 Å². The lowest BCUT2D eigenvalue weighted by molar-refractivity contribution is 0.0636. The largest absolute Gasteiger partial charge is 0.387 e. The van der Waals surface area contributed by atoms with E-state index in [9.17, 15) is 13.9 Å². The van der Waals surface area contributed by atoms with E-state index in [0.29, 0.717) is 18.1 Å². The van der Waals surface area contributed by atoms with Crippen LogP contribution in [0.15, 0.2) is 30.6 Å². The van der Waals surface area contributed by atoms with E-state index in [0.717, 1.165) is 36.6 Å². The van der Waals surface area contributed by atoms with E-state index in [1.807, 2.05) is 12.1 Å². The van der Waals surface area contributed by atoms with Crippen molar-refractivity contribution in [2.45, 2.75) is 26.1 Å². The van der Waals surface area contributed by atoms with E-state index in [2.05, 4.69) is 19.8 Å². The van der Waals surface area contributed by atoms with Crippen LogP contribution >= 0.6 is 0 Å². The van der Waals surface area contributed by atoms with E-state index in [-0.39, 0.29) is 0 Å². The molecule has 1 saturated heterocycles. The van der Waals surface area contributed by atoms with Crippen molar-refractivity contribution in [1.29, 1.82) is 0 Å². The Labute approximate surface area is 139 Å². The van der Waals surface area contributed by atoms with Crippen LogP contribution in [0.5, 0.6) is 0 Å². The molecule has 6 nitrogen and oxygen atoms in total. The Kier molecular flexibility index (Phi) is 5.06. The second-order valence-electron chi connectivity index (χ2n) is 5.89. The molecule has 0 aliphatic carbocycles. The number of anilines is 1. The first-order valence-corrected chi connectivity index (χ1v) is 7.97.